The number of guanidine groups is 1. The predicted octanol–water partition coefficient (Wildman–Crippen LogP) is 0.614. The second kappa shape index (κ2) is 7.28. The third kappa shape index (κ3) is 4.23. The van der Waals surface area contributed by atoms with Crippen molar-refractivity contribution in [2.75, 3.05) is 26.2 Å². The number of aryl methyl sites for hydroxylation is 2. The van der Waals surface area contributed by atoms with Crippen molar-refractivity contribution in [2.45, 2.75) is 39.3 Å². The van der Waals surface area contributed by atoms with Crippen LogP contribution in [-0.4, -0.2) is 58.0 Å². The Morgan fingerprint density at radius 3 is 3.05 bits per heavy atom. The molecule has 1 aliphatic heterocycles. The van der Waals surface area contributed by atoms with Gasteiger partial charge in [-0.1, -0.05) is 0 Å². The summed E-state index contributed by atoms with van der Waals surface area (Å²) in [5.41, 5.74) is 1.19. The fraction of sp³-hybridized carbons (Fsp3) is 0.714. The maximum Gasteiger partial charge on any atom is 0.194 e. The molecule has 6 heteroatoms. The largest absolute Gasteiger partial charge is 0.391 e. The summed E-state index contributed by atoms with van der Waals surface area (Å²) in [7, 11) is 0. The SMILES string of the molecule is CCNC(=NCCCn1cc(C)cn1)N1CC[C@@H](O)C1. The molecule has 1 atom stereocenters. The monoisotopic (exact) mass is 279 g/mol. The zero-order chi connectivity index (χ0) is 14.4. The number of β-amino-alcohol motifs (C(OH)–C–C–N with tert-alkyl or cyclic N) is 1. The standard InChI is InChI=1S/C14H25N5O/c1-3-15-14(18-8-5-13(20)11-18)16-6-4-7-19-10-12(2)9-17-19/h9-10,13,20H,3-8,11H2,1-2H3,(H,15,16)/t13-/m1/s1. The molecule has 1 aromatic heterocycles. The first-order valence-electron chi connectivity index (χ1n) is 7.39. The van der Waals surface area contributed by atoms with Crippen molar-refractivity contribution >= 4 is 5.96 Å². The Hall–Kier alpha value is -1.56. The maximum absolute atomic E-state index is 9.60. The lowest BCUT2D eigenvalue weighted by Gasteiger charge is -2.20. The van der Waals surface area contributed by atoms with E-state index in [2.05, 4.69) is 27.2 Å². The summed E-state index contributed by atoms with van der Waals surface area (Å²) in [6.45, 7) is 8.19. The third-order valence-corrected chi connectivity index (χ3v) is 3.37. The summed E-state index contributed by atoms with van der Waals surface area (Å²) in [6.07, 6.45) is 5.50. The summed E-state index contributed by atoms with van der Waals surface area (Å²) >= 11 is 0. The van der Waals surface area contributed by atoms with Crippen molar-refractivity contribution in [1.29, 1.82) is 0 Å². The van der Waals surface area contributed by atoms with E-state index in [-0.39, 0.29) is 6.10 Å². The highest BCUT2D eigenvalue weighted by molar-refractivity contribution is 5.80. The van der Waals surface area contributed by atoms with Gasteiger partial charge in [0, 0.05) is 38.9 Å². The van der Waals surface area contributed by atoms with Crippen molar-refractivity contribution in [3.05, 3.63) is 18.0 Å². The van der Waals surface area contributed by atoms with Gasteiger partial charge in [0.05, 0.1) is 12.3 Å². The van der Waals surface area contributed by atoms with Gasteiger partial charge in [-0.3, -0.25) is 9.67 Å². The Morgan fingerprint density at radius 1 is 1.60 bits per heavy atom. The first kappa shape index (κ1) is 14.8. The smallest absolute Gasteiger partial charge is 0.194 e. The first-order valence-corrected chi connectivity index (χ1v) is 7.39. The molecule has 0 amide bonds. The van der Waals surface area contributed by atoms with Crippen LogP contribution in [-0.2, 0) is 6.54 Å². The zero-order valence-electron chi connectivity index (χ0n) is 12.4. The molecule has 2 N–H and O–H groups in total. The maximum atomic E-state index is 9.60. The lowest BCUT2D eigenvalue weighted by atomic mass is 10.3. The van der Waals surface area contributed by atoms with Crippen molar-refractivity contribution in [2.24, 2.45) is 4.99 Å². The highest BCUT2D eigenvalue weighted by Crippen LogP contribution is 2.08. The van der Waals surface area contributed by atoms with Crippen LogP contribution in [0, 0.1) is 6.92 Å². The van der Waals surface area contributed by atoms with Crippen LogP contribution in [0.5, 0.6) is 0 Å². The van der Waals surface area contributed by atoms with Crippen LogP contribution in [0.15, 0.2) is 17.4 Å². The first-order chi connectivity index (χ1) is 9.69. The van der Waals surface area contributed by atoms with Crippen molar-refractivity contribution < 1.29 is 5.11 Å². The molecule has 112 valence electrons. The van der Waals surface area contributed by atoms with Gasteiger partial charge in [-0.25, -0.2) is 0 Å². The van der Waals surface area contributed by atoms with Crippen LogP contribution in [0.4, 0.5) is 0 Å². The topological polar surface area (TPSA) is 65.7 Å². The predicted molar refractivity (Wildman–Crippen MR) is 79.8 cm³/mol. The van der Waals surface area contributed by atoms with E-state index in [0.29, 0.717) is 6.54 Å². The number of nitrogens with zero attached hydrogens (tertiary/aromatic N) is 4. The number of aromatic nitrogens is 2. The number of hydrogen-bond donors (Lipinski definition) is 2. The zero-order valence-corrected chi connectivity index (χ0v) is 12.4. The Kier molecular flexibility index (Phi) is 5.40. The van der Waals surface area contributed by atoms with Gasteiger partial charge < -0.3 is 15.3 Å². The average Bonchev–Trinajstić information content (AvgIpc) is 3.02. The minimum Gasteiger partial charge on any atom is -0.391 e. The van der Waals surface area contributed by atoms with Gasteiger partial charge in [-0.2, -0.15) is 5.10 Å². The van der Waals surface area contributed by atoms with Gasteiger partial charge in [-0.15, -0.1) is 0 Å². The number of likely N-dealkylation sites (tertiary alicyclic amines) is 1. The quantitative estimate of drug-likeness (QED) is 0.471. The minimum absolute atomic E-state index is 0.217. The van der Waals surface area contributed by atoms with Gasteiger partial charge in [0.25, 0.3) is 0 Å². The molecule has 6 nitrogen and oxygen atoms in total. The molecule has 1 saturated heterocycles. The highest BCUT2D eigenvalue weighted by atomic mass is 16.3. The Bertz CT molecular complexity index is 443. The number of aliphatic imine (C=N–C) groups is 1. The summed E-state index contributed by atoms with van der Waals surface area (Å²) in [4.78, 5) is 6.76. The molecular weight excluding hydrogens is 254 g/mol. The van der Waals surface area contributed by atoms with Crippen LogP contribution in [0.3, 0.4) is 0 Å². The molecule has 1 aliphatic rings. The van der Waals surface area contributed by atoms with Crippen LogP contribution in [0.2, 0.25) is 0 Å². The van der Waals surface area contributed by atoms with E-state index in [1.807, 2.05) is 24.0 Å². The van der Waals surface area contributed by atoms with Crippen LogP contribution >= 0.6 is 0 Å². The molecular formula is C14H25N5O. The summed E-state index contributed by atoms with van der Waals surface area (Å²) in [6, 6.07) is 0. The van der Waals surface area contributed by atoms with Gasteiger partial charge in [-0.05, 0) is 32.3 Å². The highest BCUT2D eigenvalue weighted by Gasteiger charge is 2.22. The van der Waals surface area contributed by atoms with Gasteiger partial charge >= 0.3 is 0 Å². The van der Waals surface area contributed by atoms with Crippen LogP contribution in [0.25, 0.3) is 0 Å². The summed E-state index contributed by atoms with van der Waals surface area (Å²) in [5.74, 6) is 0.917. The van der Waals surface area contributed by atoms with E-state index < -0.39 is 0 Å². The molecule has 1 fully saturated rings. The van der Waals surface area contributed by atoms with Crippen LogP contribution < -0.4 is 5.32 Å². The van der Waals surface area contributed by atoms with Crippen molar-refractivity contribution in [3.8, 4) is 0 Å². The van der Waals surface area contributed by atoms with Crippen molar-refractivity contribution in [3.63, 3.8) is 0 Å². The fourth-order valence-electron chi connectivity index (χ4n) is 2.37. The number of nitrogens with one attached hydrogen (secondary N) is 1. The molecule has 0 aliphatic carbocycles. The molecule has 2 heterocycles. The van der Waals surface area contributed by atoms with E-state index in [1.165, 1.54) is 5.56 Å². The fourth-order valence-corrected chi connectivity index (χ4v) is 2.37. The lowest BCUT2D eigenvalue weighted by molar-refractivity contribution is 0.188. The summed E-state index contributed by atoms with van der Waals surface area (Å²) < 4.78 is 1.96. The molecule has 2 rings (SSSR count). The lowest BCUT2D eigenvalue weighted by Crippen LogP contribution is -2.40. The average molecular weight is 279 g/mol. The van der Waals surface area contributed by atoms with E-state index in [9.17, 15) is 5.11 Å². The van der Waals surface area contributed by atoms with E-state index >= 15 is 0 Å². The van der Waals surface area contributed by atoms with E-state index in [1.54, 1.807) is 0 Å². The third-order valence-electron chi connectivity index (χ3n) is 3.37. The second-order valence-corrected chi connectivity index (χ2v) is 5.26. The Balaban J connectivity index is 1.80. The van der Waals surface area contributed by atoms with E-state index in [0.717, 1.165) is 45.0 Å². The number of hydrogen-bond acceptors (Lipinski definition) is 3. The van der Waals surface area contributed by atoms with E-state index in [4.69, 9.17) is 0 Å². The van der Waals surface area contributed by atoms with Gasteiger partial charge in [0.1, 0.15) is 0 Å². The molecule has 0 unspecified atom stereocenters. The molecule has 0 aromatic carbocycles. The molecule has 0 radical (unpaired) electrons. The normalized spacial score (nSPS) is 19.6. The summed E-state index contributed by atoms with van der Waals surface area (Å²) in [5, 5.41) is 17.2. The van der Waals surface area contributed by atoms with Crippen molar-refractivity contribution in [1.82, 2.24) is 20.0 Å². The molecule has 1 aromatic rings. The van der Waals surface area contributed by atoms with Crippen LogP contribution in [0.1, 0.15) is 25.3 Å². The number of aliphatic hydroxyl groups is 1. The molecule has 0 spiro atoms. The number of rotatable bonds is 5. The molecule has 0 bridgehead atoms. The minimum atomic E-state index is -0.217. The molecule has 0 saturated carbocycles. The second-order valence-electron chi connectivity index (χ2n) is 5.26. The molecule has 20 heavy (non-hydrogen) atoms. The Labute approximate surface area is 120 Å². The van der Waals surface area contributed by atoms with Gasteiger partial charge in [0.2, 0.25) is 0 Å². The Morgan fingerprint density at radius 2 is 2.45 bits per heavy atom. The van der Waals surface area contributed by atoms with Gasteiger partial charge in [0.15, 0.2) is 5.96 Å². The number of aliphatic hydroxyl groups excluding tert-OH is 1.